The minimum Gasteiger partial charge on any atom is -0.381 e. The first-order chi connectivity index (χ1) is 5.17. The van der Waals surface area contributed by atoms with Crippen LogP contribution in [-0.4, -0.2) is 19.4 Å². The summed E-state index contributed by atoms with van der Waals surface area (Å²) >= 11 is 0. The maximum atomic E-state index is 11.9. The highest BCUT2D eigenvalue weighted by atomic mass is 19.4. The molecule has 0 spiro atoms. The van der Waals surface area contributed by atoms with Gasteiger partial charge in [0, 0.05) is 7.11 Å². The maximum Gasteiger partial charge on any atom is 0.391 e. The molecule has 1 nitrogen and oxygen atoms in total. The molecular formula is C8H15F3O. The van der Waals surface area contributed by atoms with E-state index >= 15 is 0 Å². The Kier molecular flexibility index (Phi) is 3.57. The molecule has 0 amide bonds. The average Bonchev–Trinajstić information content (AvgIpc) is 1.78. The Labute approximate surface area is 70.9 Å². The molecule has 0 unspecified atom stereocenters. The lowest BCUT2D eigenvalue weighted by Gasteiger charge is -2.29. The monoisotopic (exact) mass is 184 g/mol. The van der Waals surface area contributed by atoms with E-state index in [4.69, 9.17) is 4.74 Å². The largest absolute Gasteiger partial charge is 0.391 e. The van der Waals surface area contributed by atoms with Crippen LogP contribution in [0.1, 0.15) is 27.2 Å². The van der Waals surface area contributed by atoms with Crippen LogP contribution in [-0.2, 0) is 4.74 Å². The van der Waals surface area contributed by atoms with Crippen LogP contribution < -0.4 is 0 Å². The molecule has 0 fully saturated rings. The zero-order chi connectivity index (χ0) is 9.99. The van der Waals surface area contributed by atoms with E-state index in [0.29, 0.717) is 0 Å². The molecular weight excluding hydrogens is 169 g/mol. The van der Waals surface area contributed by atoms with Gasteiger partial charge in [-0.2, -0.15) is 13.2 Å². The number of ether oxygens (including phenoxy) is 1. The lowest BCUT2D eigenvalue weighted by molar-refractivity contribution is -0.170. The summed E-state index contributed by atoms with van der Waals surface area (Å²) in [4.78, 5) is 0. The molecule has 0 aliphatic heterocycles. The van der Waals surface area contributed by atoms with Gasteiger partial charge in [-0.15, -0.1) is 0 Å². The number of halogens is 3. The van der Waals surface area contributed by atoms with Crippen molar-refractivity contribution in [2.45, 2.75) is 39.5 Å². The number of hydrogen-bond acceptors (Lipinski definition) is 1. The molecule has 0 aliphatic carbocycles. The van der Waals surface area contributed by atoms with Crippen LogP contribution >= 0.6 is 0 Å². The van der Waals surface area contributed by atoms with Crippen molar-refractivity contribution in [2.24, 2.45) is 5.41 Å². The van der Waals surface area contributed by atoms with Crippen molar-refractivity contribution in [3.8, 4) is 0 Å². The van der Waals surface area contributed by atoms with Crippen molar-refractivity contribution < 1.29 is 17.9 Å². The van der Waals surface area contributed by atoms with Crippen LogP contribution in [0.5, 0.6) is 0 Å². The molecule has 0 saturated heterocycles. The molecule has 0 bridgehead atoms. The van der Waals surface area contributed by atoms with Gasteiger partial charge in [-0.05, 0) is 5.41 Å². The molecule has 0 aromatic rings. The Morgan fingerprint density at radius 2 is 1.58 bits per heavy atom. The predicted molar refractivity (Wildman–Crippen MR) is 40.9 cm³/mol. The summed E-state index contributed by atoms with van der Waals surface area (Å²) in [5, 5.41) is 0. The van der Waals surface area contributed by atoms with E-state index in [9.17, 15) is 13.2 Å². The van der Waals surface area contributed by atoms with Crippen molar-refractivity contribution in [3.05, 3.63) is 0 Å². The third-order valence-electron chi connectivity index (χ3n) is 1.67. The lowest BCUT2D eigenvalue weighted by Crippen LogP contribution is -2.33. The maximum absolute atomic E-state index is 11.9. The Balaban J connectivity index is 4.20. The number of rotatable bonds is 2. The molecule has 0 heterocycles. The van der Waals surface area contributed by atoms with Crippen molar-refractivity contribution in [1.29, 1.82) is 0 Å². The molecule has 12 heavy (non-hydrogen) atoms. The molecule has 0 rings (SSSR count). The number of alkyl halides is 3. The summed E-state index contributed by atoms with van der Waals surface area (Å²) in [6, 6.07) is 0. The highest BCUT2D eigenvalue weighted by Crippen LogP contribution is 2.32. The second kappa shape index (κ2) is 3.64. The lowest BCUT2D eigenvalue weighted by atomic mass is 9.87. The Hall–Kier alpha value is -0.250. The smallest absolute Gasteiger partial charge is 0.381 e. The Morgan fingerprint density at radius 1 is 1.17 bits per heavy atom. The SMILES string of the molecule is CO[C@H](CC(F)(F)F)C(C)(C)C. The Morgan fingerprint density at radius 3 is 1.67 bits per heavy atom. The highest BCUT2D eigenvalue weighted by Gasteiger charge is 2.37. The topological polar surface area (TPSA) is 9.23 Å². The third kappa shape index (κ3) is 4.59. The zero-order valence-electron chi connectivity index (χ0n) is 7.83. The molecule has 0 N–H and O–H groups in total. The van der Waals surface area contributed by atoms with E-state index < -0.39 is 24.1 Å². The number of hydrogen-bond donors (Lipinski definition) is 0. The first-order valence-corrected chi connectivity index (χ1v) is 3.76. The quantitative estimate of drug-likeness (QED) is 0.641. The highest BCUT2D eigenvalue weighted by molar-refractivity contribution is 4.76. The van der Waals surface area contributed by atoms with E-state index in [2.05, 4.69) is 0 Å². The first kappa shape index (κ1) is 11.8. The van der Waals surface area contributed by atoms with Crippen molar-refractivity contribution in [2.75, 3.05) is 7.11 Å². The predicted octanol–water partition coefficient (Wildman–Crippen LogP) is 3.00. The minimum atomic E-state index is -4.14. The van der Waals surface area contributed by atoms with Crippen LogP contribution in [0.3, 0.4) is 0 Å². The van der Waals surface area contributed by atoms with E-state index in [1.807, 2.05) is 0 Å². The summed E-state index contributed by atoms with van der Waals surface area (Å²) in [5.41, 5.74) is -0.468. The van der Waals surface area contributed by atoms with Gasteiger partial charge in [-0.3, -0.25) is 0 Å². The molecule has 0 radical (unpaired) electrons. The van der Waals surface area contributed by atoms with Crippen LogP contribution in [0, 0.1) is 5.41 Å². The Bertz CT molecular complexity index is 134. The summed E-state index contributed by atoms with van der Waals surface area (Å²) in [5.74, 6) is 0. The number of methoxy groups -OCH3 is 1. The van der Waals surface area contributed by atoms with Crippen LogP contribution in [0.25, 0.3) is 0 Å². The van der Waals surface area contributed by atoms with Gasteiger partial charge in [0.15, 0.2) is 0 Å². The minimum absolute atomic E-state index is 0.468. The van der Waals surface area contributed by atoms with Gasteiger partial charge in [0.2, 0.25) is 0 Å². The first-order valence-electron chi connectivity index (χ1n) is 3.76. The second-order valence-corrected chi connectivity index (χ2v) is 3.91. The van der Waals surface area contributed by atoms with Crippen molar-refractivity contribution >= 4 is 0 Å². The summed E-state index contributed by atoms with van der Waals surface area (Å²) in [6.45, 7) is 5.19. The molecule has 0 aliphatic rings. The van der Waals surface area contributed by atoms with E-state index in [-0.39, 0.29) is 0 Å². The van der Waals surface area contributed by atoms with Gasteiger partial charge >= 0.3 is 6.18 Å². The van der Waals surface area contributed by atoms with Crippen molar-refractivity contribution in [1.82, 2.24) is 0 Å². The van der Waals surface area contributed by atoms with Crippen LogP contribution in [0.15, 0.2) is 0 Å². The fourth-order valence-corrected chi connectivity index (χ4v) is 0.953. The standard InChI is InChI=1S/C8H15F3O/c1-7(2,3)6(12-4)5-8(9,10)11/h6H,5H2,1-4H3/t6-/m1/s1. The molecule has 74 valence electrons. The molecule has 0 aromatic carbocycles. The van der Waals surface area contributed by atoms with E-state index in [0.717, 1.165) is 0 Å². The van der Waals surface area contributed by atoms with Crippen LogP contribution in [0.2, 0.25) is 0 Å². The average molecular weight is 184 g/mol. The molecule has 1 atom stereocenters. The van der Waals surface area contributed by atoms with Gasteiger partial charge in [0.1, 0.15) is 0 Å². The van der Waals surface area contributed by atoms with E-state index in [1.165, 1.54) is 7.11 Å². The fraction of sp³-hybridized carbons (Fsp3) is 1.00. The summed E-state index contributed by atoms with van der Waals surface area (Å²) in [7, 11) is 1.31. The second-order valence-electron chi connectivity index (χ2n) is 3.91. The van der Waals surface area contributed by atoms with Gasteiger partial charge in [-0.1, -0.05) is 20.8 Å². The molecule has 0 aromatic heterocycles. The third-order valence-corrected chi connectivity index (χ3v) is 1.67. The normalized spacial score (nSPS) is 16.2. The summed E-state index contributed by atoms with van der Waals surface area (Å²) in [6.07, 6.45) is -5.79. The molecule has 4 heteroatoms. The van der Waals surface area contributed by atoms with Crippen LogP contribution in [0.4, 0.5) is 13.2 Å². The van der Waals surface area contributed by atoms with Gasteiger partial charge in [-0.25, -0.2) is 0 Å². The van der Waals surface area contributed by atoms with Gasteiger partial charge < -0.3 is 4.74 Å². The molecule has 0 saturated carbocycles. The van der Waals surface area contributed by atoms with Gasteiger partial charge in [0.25, 0.3) is 0 Å². The van der Waals surface area contributed by atoms with Gasteiger partial charge in [0.05, 0.1) is 12.5 Å². The summed E-state index contributed by atoms with van der Waals surface area (Å²) < 4.78 is 40.6. The zero-order valence-corrected chi connectivity index (χ0v) is 7.83. The van der Waals surface area contributed by atoms with Crippen molar-refractivity contribution in [3.63, 3.8) is 0 Å². The van der Waals surface area contributed by atoms with E-state index in [1.54, 1.807) is 20.8 Å². The fourth-order valence-electron chi connectivity index (χ4n) is 0.953.